The highest BCUT2D eigenvalue weighted by Gasteiger charge is 2.13. The van der Waals surface area contributed by atoms with E-state index in [2.05, 4.69) is 36.9 Å². The quantitative estimate of drug-likeness (QED) is 0.482. The zero-order valence-corrected chi connectivity index (χ0v) is 16.5. The number of fused-ring (bicyclic) bond motifs is 1. The van der Waals surface area contributed by atoms with Gasteiger partial charge in [0.2, 0.25) is 12.7 Å². The van der Waals surface area contributed by atoms with Gasteiger partial charge in [0.15, 0.2) is 17.5 Å². The van der Waals surface area contributed by atoms with Crippen molar-refractivity contribution in [2.24, 2.45) is 4.99 Å². The number of hydrogen-bond donors (Lipinski definition) is 3. The van der Waals surface area contributed by atoms with Gasteiger partial charge in [-0.25, -0.2) is 0 Å². The molecule has 7 nitrogen and oxygen atoms in total. The molecule has 0 aliphatic carbocycles. The van der Waals surface area contributed by atoms with Crippen molar-refractivity contribution in [2.45, 2.75) is 13.0 Å². The number of ether oxygens (including phenoxy) is 2. The molecule has 142 valence electrons. The third-order valence-electron chi connectivity index (χ3n) is 3.89. The number of anilines is 1. The van der Waals surface area contributed by atoms with Gasteiger partial charge in [-0.3, -0.25) is 9.79 Å². The van der Waals surface area contributed by atoms with Crippen LogP contribution >= 0.6 is 15.9 Å². The standard InChI is InChI=1S/C19H21BrN4O3/c1-21-19(23-11-13-2-7-16-17(10-13)27-12-26-16)22-9-8-18(25)24-15-5-3-14(20)4-6-15/h2-7,10H,8-9,11-12H2,1H3,(H,24,25)(H2,21,22,23). The molecule has 0 fully saturated rings. The number of halogens is 1. The third kappa shape index (κ3) is 5.62. The maximum Gasteiger partial charge on any atom is 0.231 e. The minimum Gasteiger partial charge on any atom is -0.454 e. The molecular formula is C19H21BrN4O3. The van der Waals surface area contributed by atoms with Gasteiger partial charge in [-0.2, -0.15) is 0 Å². The summed E-state index contributed by atoms with van der Waals surface area (Å²) in [6.07, 6.45) is 0.334. The Labute approximate surface area is 166 Å². The molecule has 0 aromatic heterocycles. The van der Waals surface area contributed by atoms with E-state index >= 15 is 0 Å². The van der Waals surface area contributed by atoms with Gasteiger partial charge in [-0.15, -0.1) is 0 Å². The van der Waals surface area contributed by atoms with E-state index in [0.29, 0.717) is 25.5 Å². The van der Waals surface area contributed by atoms with Crippen LogP contribution in [0.3, 0.4) is 0 Å². The van der Waals surface area contributed by atoms with Crippen LogP contribution in [0.5, 0.6) is 11.5 Å². The predicted molar refractivity (Wildman–Crippen MR) is 108 cm³/mol. The highest BCUT2D eigenvalue weighted by atomic mass is 79.9. The fraction of sp³-hybridized carbons (Fsp3) is 0.263. The molecule has 1 heterocycles. The molecule has 0 bridgehead atoms. The molecule has 8 heteroatoms. The van der Waals surface area contributed by atoms with E-state index < -0.39 is 0 Å². The number of carbonyl (C=O) groups is 1. The van der Waals surface area contributed by atoms with Gasteiger partial charge in [0.05, 0.1) is 0 Å². The monoisotopic (exact) mass is 432 g/mol. The first-order valence-electron chi connectivity index (χ1n) is 8.52. The lowest BCUT2D eigenvalue weighted by Crippen LogP contribution is -2.38. The summed E-state index contributed by atoms with van der Waals surface area (Å²) in [5, 5.41) is 9.20. The summed E-state index contributed by atoms with van der Waals surface area (Å²) in [6, 6.07) is 13.3. The van der Waals surface area contributed by atoms with Gasteiger partial charge in [0, 0.05) is 36.7 Å². The van der Waals surface area contributed by atoms with Gasteiger partial charge >= 0.3 is 0 Å². The Bertz CT molecular complexity index is 824. The highest BCUT2D eigenvalue weighted by molar-refractivity contribution is 9.10. The number of carbonyl (C=O) groups excluding carboxylic acids is 1. The van der Waals surface area contributed by atoms with E-state index in [4.69, 9.17) is 9.47 Å². The van der Waals surface area contributed by atoms with Crippen molar-refractivity contribution in [1.29, 1.82) is 0 Å². The molecule has 0 atom stereocenters. The normalized spacial score (nSPS) is 12.6. The van der Waals surface area contributed by atoms with Gasteiger partial charge in [-0.05, 0) is 42.0 Å². The van der Waals surface area contributed by atoms with Crippen LogP contribution in [0.25, 0.3) is 0 Å². The number of nitrogens with zero attached hydrogens (tertiary/aromatic N) is 1. The van der Waals surface area contributed by atoms with Crippen molar-refractivity contribution < 1.29 is 14.3 Å². The van der Waals surface area contributed by atoms with E-state index in [1.807, 2.05) is 42.5 Å². The third-order valence-corrected chi connectivity index (χ3v) is 4.42. The number of nitrogens with one attached hydrogen (secondary N) is 3. The van der Waals surface area contributed by atoms with E-state index in [0.717, 1.165) is 27.2 Å². The van der Waals surface area contributed by atoms with Crippen LogP contribution in [0.1, 0.15) is 12.0 Å². The van der Waals surface area contributed by atoms with Gasteiger partial charge in [0.25, 0.3) is 0 Å². The molecule has 0 radical (unpaired) electrons. The Balaban J connectivity index is 1.40. The molecular weight excluding hydrogens is 412 g/mol. The molecule has 0 saturated heterocycles. The zero-order chi connectivity index (χ0) is 19.1. The average molecular weight is 433 g/mol. The second-order valence-electron chi connectivity index (χ2n) is 5.85. The lowest BCUT2D eigenvalue weighted by molar-refractivity contribution is -0.116. The van der Waals surface area contributed by atoms with Gasteiger partial charge in [-0.1, -0.05) is 22.0 Å². The Hall–Kier alpha value is -2.74. The molecule has 1 aliphatic rings. The molecule has 0 spiro atoms. The van der Waals surface area contributed by atoms with Crippen molar-refractivity contribution in [3.8, 4) is 11.5 Å². The summed E-state index contributed by atoms with van der Waals surface area (Å²) in [5.41, 5.74) is 1.82. The van der Waals surface area contributed by atoms with Crippen molar-refractivity contribution in [1.82, 2.24) is 10.6 Å². The summed E-state index contributed by atoms with van der Waals surface area (Å²) < 4.78 is 11.7. The van der Waals surface area contributed by atoms with Crippen LogP contribution in [0.2, 0.25) is 0 Å². The Kier molecular flexibility index (Phi) is 6.54. The van der Waals surface area contributed by atoms with Crippen molar-refractivity contribution >= 4 is 33.5 Å². The first-order chi connectivity index (χ1) is 13.1. The first kappa shape index (κ1) is 19.0. The average Bonchev–Trinajstić information content (AvgIpc) is 3.14. The second kappa shape index (κ2) is 9.27. The summed E-state index contributed by atoms with van der Waals surface area (Å²) in [6.45, 7) is 1.32. The lowest BCUT2D eigenvalue weighted by atomic mass is 10.2. The predicted octanol–water partition coefficient (Wildman–Crippen LogP) is 2.87. The van der Waals surface area contributed by atoms with E-state index in [-0.39, 0.29) is 12.7 Å². The number of guanidine groups is 1. The second-order valence-corrected chi connectivity index (χ2v) is 6.76. The van der Waals surface area contributed by atoms with Crippen molar-refractivity contribution in [3.05, 3.63) is 52.5 Å². The maximum atomic E-state index is 12.0. The molecule has 3 rings (SSSR count). The summed E-state index contributed by atoms with van der Waals surface area (Å²) in [7, 11) is 1.69. The lowest BCUT2D eigenvalue weighted by Gasteiger charge is -2.12. The van der Waals surface area contributed by atoms with Gasteiger partial charge < -0.3 is 25.4 Å². The van der Waals surface area contributed by atoms with Crippen LogP contribution in [-0.4, -0.2) is 32.3 Å². The summed E-state index contributed by atoms with van der Waals surface area (Å²) in [5.74, 6) is 2.08. The van der Waals surface area contributed by atoms with Crippen molar-refractivity contribution in [2.75, 3.05) is 25.7 Å². The fourth-order valence-corrected chi connectivity index (χ4v) is 2.77. The number of aliphatic imine (C=N–C) groups is 1. The van der Waals surface area contributed by atoms with Gasteiger partial charge in [0.1, 0.15) is 0 Å². The van der Waals surface area contributed by atoms with Crippen LogP contribution in [0.15, 0.2) is 51.9 Å². The molecule has 2 aromatic rings. The minimum atomic E-state index is -0.0592. The highest BCUT2D eigenvalue weighted by Crippen LogP contribution is 2.32. The maximum absolute atomic E-state index is 12.0. The minimum absolute atomic E-state index is 0.0592. The SMILES string of the molecule is CN=C(NCCC(=O)Nc1ccc(Br)cc1)NCc1ccc2c(c1)OCO2. The van der Waals surface area contributed by atoms with Crippen LogP contribution in [0.4, 0.5) is 5.69 Å². The first-order valence-corrected chi connectivity index (χ1v) is 9.32. The Morgan fingerprint density at radius 3 is 2.67 bits per heavy atom. The van der Waals surface area contributed by atoms with Crippen LogP contribution < -0.4 is 25.4 Å². The summed E-state index contributed by atoms with van der Waals surface area (Å²) >= 11 is 3.37. The van der Waals surface area contributed by atoms with Crippen molar-refractivity contribution in [3.63, 3.8) is 0 Å². The Morgan fingerprint density at radius 1 is 1.11 bits per heavy atom. The molecule has 27 heavy (non-hydrogen) atoms. The number of rotatable bonds is 6. The zero-order valence-electron chi connectivity index (χ0n) is 14.9. The molecule has 0 unspecified atom stereocenters. The Morgan fingerprint density at radius 2 is 1.89 bits per heavy atom. The number of benzene rings is 2. The smallest absolute Gasteiger partial charge is 0.231 e. The summed E-state index contributed by atoms with van der Waals surface area (Å²) in [4.78, 5) is 16.2. The molecule has 1 aliphatic heterocycles. The van der Waals surface area contributed by atoms with Crippen LogP contribution in [0, 0.1) is 0 Å². The largest absolute Gasteiger partial charge is 0.454 e. The molecule has 0 saturated carbocycles. The topological polar surface area (TPSA) is 84.0 Å². The number of amides is 1. The number of hydrogen-bond acceptors (Lipinski definition) is 4. The fourth-order valence-electron chi connectivity index (χ4n) is 2.51. The van der Waals surface area contributed by atoms with E-state index in [1.165, 1.54) is 0 Å². The van der Waals surface area contributed by atoms with E-state index in [1.54, 1.807) is 7.05 Å². The molecule has 2 aromatic carbocycles. The van der Waals surface area contributed by atoms with Crippen LogP contribution in [-0.2, 0) is 11.3 Å². The molecule has 3 N–H and O–H groups in total. The molecule has 1 amide bonds. The van der Waals surface area contributed by atoms with E-state index in [9.17, 15) is 4.79 Å².